The molecule has 1 unspecified atom stereocenters. The molecule has 2 aromatic carbocycles. The topological polar surface area (TPSA) is 66.4 Å². The zero-order chi connectivity index (χ0) is 16.1. The van der Waals surface area contributed by atoms with Crippen LogP contribution in [0.2, 0.25) is 0 Å². The fraction of sp³-hybridized carbons (Fsp3) is 0.222. The number of para-hydroxylation sites is 1. The highest BCUT2D eigenvalue weighted by Crippen LogP contribution is 2.17. The van der Waals surface area contributed by atoms with Gasteiger partial charge in [0.25, 0.3) is 0 Å². The number of benzene rings is 2. The Balaban J connectivity index is 2.05. The molecule has 1 amide bonds. The third kappa shape index (κ3) is 3.95. The van der Waals surface area contributed by atoms with Crippen LogP contribution >= 0.6 is 0 Å². The van der Waals surface area contributed by atoms with E-state index in [1.165, 1.54) is 11.6 Å². The second-order valence-electron chi connectivity index (χ2n) is 5.43. The zero-order valence-electron chi connectivity index (χ0n) is 12.7. The first-order valence-electron chi connectivity index (χ1n) is 7.16. The maximum atomic E-state index is 12.3. The lowest BCUT2D eigenvalue weighted by atomic mass is 9.99. The number of hydrogen-bond donors (Lipinski definition) is 2. The van der Waals surface area contributed by atoms with Gasteiger partial charge in [0.2, 0.25) is 5.91 Å². The normalized spacial score (nSPS) is 11.7. The number of aryl methyl sites for hydroxylation is 1. The predicted molar refractivity (Wildman–Crippen MR) is 86.1 cm³/mol. The number of nitrogens with one attached hydrogen (secondary N) is 1. The quantitative estimate of drug-likeness (QED) is 0.887. The molecule has 0 bridgehead atoms. The maximum absolute atomic E-state index is 12.3. The Morgan fingerprint density at radius 1 is 1.09 bits per heavy atom. The Bertz CT molecular complexity index is 677. The molecular formula is C18H19NO3. The number of carbonyl (C=O) groups excluding carboxylic acids is 1. The van der Waals surface area contributed by atoms with Crippen molar-refractivity contribution in [3.63, 3.8) is 0 Å². The number of carboxylic acids is 1. The van der Waals surface area contributed by atoms with Crippen LogP contribution in [0.5, 0.6) is 0 Å². The van der Waals surface area contributed by atoms with Crippen LogP contribution in [0.25, 0.3) is 0 Å². The van der Waals surface area contributed by atoms with Crippen molar-refractivity contribution >= 4 is 17.6 Å². The summed E-state index contributed by atoms with van der Waals surface area (Å²) < 4.78 is 0. The van der Waals surface area contributed by atoms with Gasteiger partial charge in [-0.1, -0.05) is 48.9 Å². The molecule has 0 aliphatic rings. The largest absolute Gasteiger partial charge is 0.478 e. The third-order valence-corrected chi connectivity index (χ3v) is 3.53. The van der Waals surface area contributed by atoms with Crippen LogP contribution in [0.1, 0.15) is 28.4 Å². The van der Waals surface area contributed by atoms with Gasteiger partial charge in [-0.2, -0.15) is 0 Å². The first kappa shape index (κ1) is 15.8. The molecule has 1 atom stereocenters. The molecule has 0 fully saturated rings. The summed E-state index contributed by atoms with van der Waals surface area (Å²) in [5, 5.41) is 11.8. The molecule has 2 rings (SSSR count). The molecule has 0 aromatic heterocycles. The molecule has 0 aliphatic carbocycles. The van der Waals surface area contributed by atoms with Crippen LogP contribution in [0.4, 0.5) is 5.69 Å². The zero-order valence-corrected chi connectivity index (χ0v) is 12.7. The minimum atomic E-state index is -1.05. The van der Waals surface area contributed by atoms with Gasteiger partial charge in [0.1, 0.15) is 0 Å². The molecule has 4 nitrogen and oxygen atoms in total. The number of rotatable bonds is 5. The van der Waals surface area contributed by atoms with Crippen molar-refractivity contribution in [2.24, 2.45) is 5.92 Å². The molecule has 4 heteroatoms. The Hall–Kier alpha value is -2.62. The Labute approximate surface area is 129 Å². The summed E-state index contributed by atoms with van der Waals surface area (Å²) in [4.78, 5) is 23.4. The van der Waals surface area contributed by atoms with Crippen LogP contribution in [0.3, 0.4) is 0 Å². The second kappa shape index (κ2) is 6.89. The van der Waals surface area contributed by atoms with Crippen LogP contribution in [-0.4, -0.2) is 17.0 Å². The van der Waals surface area contributed by atoms with Gasteiger partial charge < -0.3 is 10.4 Å². The summed E-state index contributed by atoms with van der Waals surface area (Å²) in [5.74, 6) is -1.49. The molecule has 114 valence electrons. The Morgan fingerprint density at radius 2 is 1.73 bits per heavy atom. The molecule has 0 aliphatic heterocycles. The van der Waals surface area contributed by atoms with E-state index < -0.39 is 5.97 Å². The van der Waals surface area contributed by atoms with Crippen LogP contribution < -0.4 is 5.32 Å². The summed E-state index contributed by atoms with van der Waals surface area (Å²) in [6.45, 7) is 3.85. The first-order chi connectivity index (χ1) is 10.5. The fourth-order valence-electron chi connectivity index (χ4n) is 2.20. The molecule has 22 heavy (non-hydrogen) atoms. The van der Waals surface area contributed by atoms with Crippen molar-refractivity contribution in [3.8, 4) is 0 Å². The maximum Gasteiger partial charge on any atom is 0.337 e. The van der Waals surface area contributed by atoms with E-state index in [1.807, 2.05) is 38.1 Å². The molecule has 2 aromatic rings. The molecule has 0 radical (unpaired) electrons. The van der Waals surface area contributed by atoms with E-state index in [-0.39, 0.29) is 17.4 Å². The van der Waals surface area contributed by atoms with Crippen molar-refractivity contribution in [2.45, 2.75) is 20.3 Å². The summed E-state index contributed by atoms with van der Waals surface area (Å²) in [6.07, 6.45) is 0.612. The number of anilines is 1. The number of amides is 1. The van der Waals surface area contributed by atoms with Crippen molar-refractivity contribution in [2.75, 3.05) is 5.32 Å². The van der Waals surface area contributed by atoms with E-state index in [1.54, 1.807) is 18.2 Å². The average Bonchev–Trinajstić information content (AvgIpc) is 2.49. The highest BCUT2D eigenvalue weighted by molar-refractivity contribution is 6.01. The molecule has 2 N–H and O–H groups in total. The Kier molecular flexibility index (Phi) is 4.94. The van der Waals surface area contributed by atoms with Gasteiger partial charge in [-0.25, -0.2) is 4.79 Å². The van der Waals surface area contributed by atoms with E-state index in [2.05, 4.69) is 5.32 Å². The van der Waals surface area contributed by atoms with Gasteiger partial charge in [-0.3, -0.25) is 4.79 Å². The number of carbonyl (C=O) groups is 2. The van der Waals surface area contributed by atoms with Crippen molar-refractivity contribution in [1.82, 2.24) is 0 Å². The number of carboxylic acid groups (broad SMARTS) is 1. The minimum Gasteiger partial charge on any atom is -0.478 e. The summed E-state index contributed by atoms with van der Waals surface area (Å²) in [5.41, 5.74) is 2.69. The standard InChI is InChI=1S/C18H19NO3/c1-12-7-9-14(10-8-12)11-13(2)17(20)19-16-6-4-3-5-15(16)18(21)22/h3-10,13H,11H2,1-2H3,(H,19,20)(H,21,22). The molecule has 0 saturated heterocycles. The van der Waals surface area contributed by atoms with Gasteiger partial charge in [0.15, 0.2) is 0 Å². The smallest absolute Gasteiger partial charge is 0.337 e. The second-order valence-corrected chi connectivity index (χ2v) is 5.43. The summed E-state index contributed by atoms with van der Waals surface area (Å²) in [7, 11) is 0. The molecule has 0 saturated carbocycles. The highest BCUT2D eigenvalue weighted by Gasteiger charge is 2.17. The minimum absolute atomic E-state index is 0.0957. The van der Waals surface area contributed by atoms with E-state index >= 15 is 0 Å². The molecule has 0 spiro atoms. The SMILES string of the molecule is Cc1ccc(CC(C)C(=O)Nc2ccccc2C(=O)O)cc1. The van der Waals surface area contributed by atoms with Crippen molar-refractivity contribution in [1.29, 1.82) is 0 Å². The van der Waals surface area contributed by atoms with Crippen LogP contribution in [0.15, 0.2) is 48.5 Å². The number of hydrogen-bond acceptors (Lipinski definition) is 2. The van der Waals surface area contributed by atoms with Crippen LogP contribution in [0, 0.1) is 12.8 Å². The summed E-state index contributed by atoms with van der Waals surface area (Å²) >= 11 is 0. The van der Waals surface area contributed by atoms with E-state index in [4.69, 9.17) is 5.11 Å². The highest BCUT2D eigenvalue weighted by atomic mass is 16.4. The molecular weight excluding hydrogens is 278 g/mol. The summed E-state index contributed by atoms with van der Waals surface area (Å²) in [6, 6.07) is 14.4. The first-order valence-corrected chi connectivity index (χ1v) is 7.16. The Morgan fingerprint density at radius 3 is 2.36 bits per heavy atom. The lowest BCUT2D eigenvalue weighted by molar-refractivity contribution is -0.119. The monoisotopic (exact) mass is 297 g/mol. The van der Waals surface area contributed by atoms with Gasteiger partial charge in [-0.05, 0) is 31.0 Å². The van der Waals surface area contributed by atoms with Gasteiger partial charge in [-0.15, -0.1) is 0 Å². The van der Waals surface area contributed by atoms with E-state index in [0.717, 1.165) is 5.56 Å². The third-order valence-electron chi connectivity index (χ3n) is 3.53. The van der Waals surface area contributed by atoms with Gasteiger partial charge >= 0.3 is 5.97 Å². The van der Waals surface area contributed by atoms with Crippen LogP contribution in [-0.2, 0) is 11.2 Å². The average molecular weight is 297 g/mol. The lowest BCUT2D eigenvalue weighted by Crippen LogP contribution is -2.23. The van der Waals surface area contributed by atoms with Crippen molar-refractivity contribution < 1.29 is 14.7 Å². The molecule has 0 heterocycles. The van der Waals surface area contributed by atoms with Gasteiger partial charge in [0, 0.05) is 5.92 Å². The fourth-order valence-corrected chi connectivity index (χ4v) is 2.20. The predicted octanol–water partition coefficient (Wildman–Crippen LogP) is 3.51. The van der Waals surface area contributed by atoms with Gasteiger partial charge in [0.05, 0.1) is 11.3 Å². The number of aromatic carboxylic acids is 1. The van der Waals surface area contributed by atoms with Crippen molar-refractivity contribution in [3.05, 3.63) is 65.2 Å². The van der Waals surface area contributed by atoms with E-state index in [9.17, 15) is 9.59 Å². The van der Waals surface area contributed by atoms with E-state index in [0.29, 0.717) is 12.1 Å². The lowest BCUT2D eigenvalue weighted by Gasteiger charge is -2.14.